The molecule has 6 heteroatoms. The average molecular weight is 367 g/mol. The number of carbonyl (C=O) groups is 1. The smallest absolute Gasteiger partial charge is 0.280 e. The number of nitrogens with one attached hydrogen (secondary N) is 1. The highest BCUT2D eigenvalue weighted by Crippen LogP contribution is 2.39. The molecule has 0 spiro atoms. The van der Waals surface area contributed by atoms with Gasteiger partial charge in [0.1, 0.15) is 5.69 Å². The molecule has 2 atom stereocenters. The fraction of sp³-hybridized carbons (Fsp3) is 0.700. The van der Waals surface area contributed by atoms with Crippen LogP contribution in [-0.2, 0) is 11.3 Å². The highest BCUT2D eigenvalue weighted by Gasteiger charge is 2.45. The number of aromatic nitrogens is 1. The van der Waals surface area contributed by atoms with Gasteiger partial charge in [-0.15, -0.1) is 0 Å². The van der Waals surface area contributed by atoms with E-state index < -0.39 is 6.43 Å². The van der Waals surface area contributed by atoms with Gasteiger partial charge in [0.15, 0.2) is 0 Å². The highest BCUT2D eigenvalue weighted by atomic mass is 19.3. The molecule has 0 bridgehead atoms. The topological polar surface area (TPSA) is 45.2 Å². The number of likely N-dealkylation sites (tertiary alicyclic amines) is 1. The van der Waals surface area contributed by atoms with E-state index in [-0.39, 0.29) is 35.1 Å². The minimum Gasteiger partial charge on any atom is -0.351 e. The van der Waals surface area contributed by atoms with Gasteiger partial charge >= 0.3 is 0 Å². The molecule has 2 rings (SSSR count). The molecular formula is C20H31F2N3O. The van der Waals surface area contributed by atoms with Gasteiger partial charge in [-0.05, 0) is 56.2 Å². The molecule has 4 nitrogen and oxygen atoms in total. The zero-order chi connectivity index (χ0) is 19.7. The van der Waals surface area contributed by atoms with Crippen molar-refractivity contribution in [1.29, 1.82) is 0 Å². The number of pyridine rings is 1. The number of hydrogen-bond donors (Lipinski definition) is 1. The van der Waals surface area contributed by atoms with Crippen molar-refractivity contribution in [2.75, 3.05) is 6.54 Å². The van der Waals surface area contributed by atoms with Crippen LogP contribution in [0.15, 0.2) is 18.3 Å². The van der Waals surface area contributed by atoms with Crippen LogP contribution in [0.5, 0.6) is 0 Å². The number of nitrogens with zero attached hydrogens (tertiary/aromatic N) is 2. The Morgan fingerprint density at radius 2 is 1.96 bits per heavy atom. The van der Waals surface area contributed by atoms with Crippen LogP contribution in [0, 0.1) is 11.3 Å². The Morgan fingerprint density at radius 1 is 1.31 bits per heavy atom. The van der Waals surface area contributed by atoms with Crippen LogP contribution in [0.3, 0.4) is 0 Å². The van der Waals surface area contributed by atoms with Gasteiger partial charge in [-0.1, -0.05) is 20.8 Å². The number of carbonyl (C=O) groups excluding carboxylic acids is 1. The Hall–Kier alpha value is -1.56. The monoisotopic (exact) mass is 367 g/mol. The number of rotatable bonds is 4. The van der Waals surface area contributed by atoms with Gasteiger partial charge in [-0.3, -0.25) is 14.7 Å². The second kappa shape index (κ2) is 7.59. The minimum atomic E-state index is -2.61. The Labute approximate surface area is 155 Å². The van der Waals surface area contributed by atoms with Crippen molar-refractivity contribution in [3.8, 4) is 0 Å². The molecule has 0 aliphatic carbocycles. The van der Waals surface area contributed by atoms with E-state index in [0.717, 1.165) is 13.0 Å². The Kier molecular flexibility index (Phi) is 6.06. The van der Waals surface area contributed by atoms with Crippen LogP contribution >= 0.6 is 0 Å². The van der Waals surface area contributed by atoms with Gasteiger partial charge in [0.2, 0.25) is 5.91 Å². The molecule has 26 heavy (non-hydrogen) atoms. The Bertz CT molecular complexity index is 635. The van der Waals surface area contributed by atoms with E-state index in [1.807, 2.05) is 0 Å². The first kappa shape index (κ1) is 20.7. The van der Waals surface area contributed by atoms with Crippen LogP contribution < -0.4 is 5.32 Å². The maximum atomic E-state index is 12.9. The van der Waals surface area contributed by atoms with E-state index in [1.165, 1.54) is 12.3 Å². The summed E-state index contributed by atoms with van der Waals surface area (Å²) in [6.07, 6.45) is -0.439. The average Bonchev–Trinajstić information content (AvgIpc) is 2.98. The van der Waals surface area contributed by atoms with Crippen LogP contribution in [0.2, 0.25) is 0 Å². The molecule has 1 aromatic heterocycles. The fourth-order valence-corrected chi connectivity index (χ4v) is 3.48. The second-order valence-electron chi connectivity index (χ2n) is 9.25. The van der Waals surface area contributed by atoms with Crippen LogP contribution in [0.1, 0.15) is 65.6 Å². The standard InChI is InChI=1S/C20H31F2N3O/c1-19(2,3)14-10-16(25(12-14)20(4,5)6)18(26)24-11-13-7-8-23-15(9-13)17(21)22/h7-9,14,16-17H,10-12H2,1-6H3,(H,24,26)/t14?,16-/m0/s1. The molecule has 1 unspecified atom stereocenters. The number of halogens is 2. The summed E-state index contributed by atoms with van der Waals surface area (Å²) in [6.45, 7) is 14.1. The summed E-state index contributed by atoms with van der Waals surface area (Å²) in [6, 6.07) is 2.80. The molecule has 1 aromatic rings. The predicted molar refractivity (Wildman–Crippen MR) is 98.8 cm³/mol. The summed E-state index contributed by atoms with van der Waals surface area (Å²) < 4.78 is 25.5. The van der Waals surface area contributed by atoms with Gasteiger partial charge in [0.05, 0.1) is 6.04 Å². The third kappa shape index (κ3) is 5.00. The molecule has 1 fully saturated rings. The lowest BCUT2D eigenvalue weighted by atomic mass is 9.79. The summed E-state index contributed by atoms with van der Waals surface area (Å²) in [7, 11) is 0. The first-order valence-corrected chi connectivity index (χ1v) is 9.17. The summed E-state index contributed by atoms with van der Waals surface area (Å²) >= 11 is 0. The molecular weight excluding hydrogens is 336 g/mol. The van der Waals surface area contributed by atoms with Gasteiger partial charge in [-0.2, -0.15) is 0 Å². The molecule has 2 heterocycles. The SMILES string of the molecule is CC(C)(C)C1C[C@@H](C(=O)NCc2ccnc(C(F)F)c2)N(C(C)(C)C)C1. The largest absolute Gasteiger partial charge is 0.351 e. The van der Waals surface area contributed by atoms with Crippen molar-refractivity contribution in [2.24, 2.45) is 11.3 Å². The van der Waals surface area contributed by atoms with E-state index in [9.17, 15) is 13.6 Å². The summed E-state index contributed by atoms with van der Waals surface area (Å²) in [4.78, 5) is 18.8. The highest BCUT2D eigenvalue weighted by molar-refractivity contribution is 5.82. The Balaban J connectivity index is 2.08. The van der Waals surface area contributed by atoms with Crippen molar-refractivity contribution >= 4 is 5.91 Å². The van der Waals surface area contributed by atoms with E-state index in [4.69, 9.17) is 0 Å². The third-order valence-electron chi connectivity index (χ3n) is 5.23. The Morgan fingerprint density at radius 3 is 2.50 bits per heavy atom. The molecule has 0 aromatic carbocycles. The van der Waals surface area contributed by atoms with Gasteiger partial charge in [0.25, 0.3) is 6.43 Å². The van der Waals surface area contributed by atoms with Crippen molar-refractivity contribution in [2.45, 2.75) is 72.5 Å². The fourth-order valence-electron chi connectivity index (χ4n) is 3.48. The zero-order valence-corrected chi connectivity index (χ0v) is 16.6. The predicted octanol–water partition coefficient (Wildman–Crippen LogP) is 4.17. The van der Waals surface area contributed by atoms with Crippen molar-refractivity contribution in [1.82, 2.24) is 15.2 Å². The summed E-state index contributed by atoms with van der Waals surface area (Å²) in [5.41, 5.74) is 0.398. The lowest BCUT2D eigenvalue weighted by Gasteiger charge is -2.36. The quantitative estimate of drug-likeness (QED) is 0.869. The maximum absolute atomic E-state index is 12.9. The zero-order valence-electron chi connectivity index (χ0n) is 16.6. The molecule has 0 saturated carbocycles. The second-order valence-corrected chi connectivity index (χ2v) is 9.25. The molecule has 1 amide bonds. The van der Waals surface area contributed by atoms with Crippen LogP contribution in [-0.4, -0.2) is 33.9 Å². The van der Waals surface area contributed by atoms with E-state index in [2.05, 4.69) is 56.7 Å². The number of alkyl halides is 2. The van der Waals surface area contributed by atoms with Crippen molar-refractivity contribution in [3.63, 3.8) is 0 Å². The molecule has 1 N–H and O–H groups in total. The lowest BCUT2D eigenvalue weighted by molar-refractivity contribution is -0.127. The van der Waals surface area contributed by atoms with Gasteiger partial charge in [0, 0.05) is 24.8 Å². The maximum Gasteiger partial charge on any atom is 0.280 e. The van der Waals surface area contributed by atoms with Gasteiger partial charge in [-0.25, -0.2) is 8.78 Å². The van der Waals surface area contributed by atoms with Crippen molar-refractivity contribution < 1.29 is 13.6 Å². The van der Waals surface area contributed by atoms with E-state index >= 15 is 0 Å². The summed E-state index contributed by atoms with van der Waals surface area (Å²) in [5, 5.41) is 2.93. The lowest BCUT2D eigenvalue weighted by Crippen LogP contribution is -2.51. The number of amides is 1. The first-order chi connectivity index (χ1) is 11.9. The molecule has 1 aliphatic heterocycles. The molecule has 1 saturated heterocycles. The van der Waals surface area contributed by atoms with E-state index in [1.54, 1.807) is 6.07 Å². The molecule has 1 aliphatic rings. The van der Waals surface area contributed by atoms with E-state index in [0.29, 0.717) is 11.5 Å². The summed E-state index contributed by atoms with van der Waals surface area (Å²) in [5.74, 6) is 0.394. The molecule has 146 valence electrons. The minimum absolute atomic E-state index is 0.0397. The van der Waals surface area contributed by atoms with Gasteiger partial charge < -0.3 is 5.32 Å². The third-order valence-corrected chi connectivity index (χ3v) is 5.23. The molecule has 0 radical (unpaired) electrons. The normalized spacial score (nSPS) is 22.0. The first-order valence-electron chi connectivity index (χ1n) is 9.17. The van der Waals surface area contributed by atoms with Crippen LogP contribution in [0.25, 0.3) is 0 Å². The van der Waals surface area contributed by atoms with Crippen LogP contribution in [0.4, 0.5) is 8.78 Å². The number of hydrogen-bond acceptors (Lipinski definition) is 3. The van der Waals surface area contributed by atoms with Crippen molar-refractivity contribution in [3.05, 3.63) is 29.6 Å².